The van der Waals surface area contributed by atoms with Gasteiger partial charge < -0.3 is 9.84 Å². The summed E-state index contributed by atoms with van der Waals surface area (Å²) in [5.41, 5.74) is 2.82. The molecule has 24 heavy (non-hydrogen) atoms. The van der Waals surface area contributed by atoms with Gasteiger partial charge in [-0.3, -0.25) is 9.80 Å². The van der Waals surface area contributed by atoms with E-state index in [1.807, 2.05) is 0 Å². The zero-order valence-corrected chi connectivity index (χ0v) is 16.0. The van der Waals surface area contributed by atoms with Gasteiger partial charge in [0.2, 0.25) is 0 Å². The lowest BCUT2D eigenvalue weighted by Gasteiger charge is -2.43. The molecule has 1 saturated heterocycles. The SMILES string of the molecule is COc1ccc(CN2CCN(CC(C)(C)C)CC2CCO)cc1C. The van der Waals surface area contributed by atoms with Crippen LogP contribution in [0.3, 0.4) is 0 Å². The van der Waals surface area contributed by atoms with Gasteiger partial charge in [0.1, 0.15) is 5.75 Å². The van der Waals surface area contributed by atoms with Crippen LogP contribution in [0.1, 0.15) is 38.3 Å². The first-order valence-corrected chi connectivity index (χ1v) is 9.03. The average Bonchev–Trinajstić information content (AvgIpc) is 2.49. The van der Waals surface area contributed by atoms with Crippen LogP contribution in [0.15, 0.2) is 18.2 Å². The fourth-order valence-electron chi connectivity index (χ4n) is 3.68. The molecule has 1 unspecified atom stereocenters. The van der Waals surface area contributed by atoms with Gasteiger partial charge in [0.25, 0.3) is 0 Å². The van der Waals surface area contributed by atoms with E-state index in [2.05, 4.69) is 55.7 Å². The number of nitrogens with zero attached hydrogens (tertiary/aromatic N) is 2. The molecule has 1 aromatic rings. The van der Waals surface area contributed by atoms with E-state index in [-0.39, 0.29) is 6.61 Å². The van der Waals surface area contributed by atoms with E-state index >= 15 is 0 Å². The average molecular weight is 335 g/mol. The molecule has 1 aliphatic rings. The highest BCUT2D eigenvalue weighted by atomic mass is 16.5. The van der Waals surface area contributed by atoms with Crippen LogP contribution in [0.5, 0.6) is 5.75 Å². The fourth-order valence-corrected chi connectivity index (χ4v) is 3.68. The van der Waals surface area contributed by atoms with Crippen LogP contribution in [-0.2, 0) is 6.54 Å². The maximum atomic E-state index is 9.47. The quantitative estimate of drug-likeness (QED) is 0.868. The number of benzene rings is 1. The summed E-state index contributed by atoms with van der Waals surface area (Å²) in [4.78, 5) is 5.08. The molecule has 0 radical (unpaired) electrons. The van der Waals surface area contributed by atoms with Crippen LogP contribution >= 0.6 is 0 Å². The fraction of sp³-hybridized carbons (Fsp3) is 0.700. The van der Waals surface area contributed by atoms with Gasteiger partial charge in [-0.2, -0.15) is 0 Å². The van der Waals surface area contributed by atoms with Crippen LogP contribution in [0.2, 0.25) is 0 Å². The van der Waals surface area contributed by atoms with Crippen LogP contribution < -0.4 is 4.74 Å². The van der Waals surface area contributed by atoms with Crippen molar-refractivity contribution in [2.45, 2.75) is 46.7 Å². The number of hydrogen-bond donors (Lipinski definition) is 1. The molecule has 0 aromatic heterocycles. The molecule has 1 atom stereocenters. The lowest BCUT2D eigenvalue weighted by atomic mass is 9.95. The number of methoxy groups -OCH3 is 1. The van der Waals surface area contributed by atoms with Gasteiger partial charge >= 0.3 is 0 Å². The summed E-state index contributed by atoms with van der Waals surface area (Å²) in [5, 5.41) is 9.47. The van der Waals surface area contributed by atoms with Gasteiger partial charge in [0.05, 0.1) is 7.11 Å². The van der Waals surface area contributed by atoms with Gasteiger partial charge in [-0.25, -0.2) is 0 Å². The molecule has 1 N–H and O–H groups in total. The van der Waals surface area contributed by atoms with Crippen LogP contribution in [-0.4, -0.2) is 60.8 Å². The Labute approximate surface area is 147 Å². The Morgan fingerprint density at radius 1 is 1.25 bits per heavy atom. The van der Waals surface area contributed by atoms with Crippen molar-refractivity contribution in [3.05, 3.63) is 29.3 Å². The second-order valence-electron chi connectivity index (χ2n) is 8.24. The molecule has 1 aliphatic heterocycles. The zero-order chi connectivity index (χ0) is 17.7. The van der Waals surface area contributed by atoms with Crippen LogP contribution in [0.25, 0.3) is 0 Å². The molecule has 1 fully saturated rings. The van der Waals surface area contributed by atoms with E-state index in [0.717, 1.165) is 44.9 Å². The van der Waals surface area contributed by atoms with E-state index in [1.165, 1.54) is 11.1 Å². The van der Waals surface area contributed by atoms with E-state index in [0.29, 0.717) is 11.5 Å². The Balaban J connectivity index is 2.02. The summed E-state index contributed by atoms with van der Waals surface area (Å²) < 4.78 is 5.36. The highest BCUT2D eigenvalue weighted by molar-refractivity contribution is 5.36. The summed E-state index contributed by atoms with van der Waals surface area (Å²) >= 11 is 0. The van der Waals surface area contributed by atoms with Gasteiger partial charge in [0, 0.05) is 45.4 Å². The molecule has 4 nitrogen and oxygen atoms in total. The molecule has 0 saturated carbocycles. The number of ether oxygens (including phenoxy) is 1. The minimum atomic E-state index is 0.256. The summed E-state index contributed by atoms with van der Waals surface area (Å²) in [6.45, 7) is 14.5. The lowest BCUT2D eigenvalue weighted by Crippen LogP contribution is -2.54. The molecule has 2 rings (SSSR count). The topological polar surface area (TPSA) is 35.9 Å². The van der Waals surface area contributed by atoms with Crippen LogP contribution in [0, 0.1) is 12.3 Å². The normalized spacial score (nSPS) is 20.3. The molecule has 4 heteroatoms. The van der Waals surface area contributed by atoms with Crippen molar-refractivity contribution >= 4 is 0 Å². The van der Waals surface area contributed by atoms with Gasteiger partial charge in [-0.1, -0.05) is 32.9 Å². The summed E-state index contributed by atoms with van der Waals surface area (Å²) in [5.74, 6) is 0.945. The highest BCUT2D eigenvalue weighted by Gasteiger charge is 2.28. The summed E-state index contributed by atoms with van der Waals surface area (Å²) in [6.07, 6.45) is 0.843. The molecule has 1 heterocycles. The second-order valence-corrected chi connectivity index (χ2v) is 8.24. The molecule has 0 aliphatic carbocycles. The lowest BCUT2D eigenvalue weighted by molar-refractivity contribution is 0.0381. The Morgan fingerprint density at radius 2 is 2.00 bits per heavy atom. The minimum Gasteiger partial charge on any atom is -0.496 e. The Kier molecular flexibility index (Phi) is 6.67. The third-order valence-corrected chi connectivity index (χ3v) is 4.69. The monoisotopic (exact) mass is 334 g/mol. The maximum absolute atomic E-state index is 9.47. The molecular formula is C20H34N2O2. The van der Waals surface area contributed by atoms with E-state index < -0.39 is 0 Å². The third kappa shape index (κ3) is 5.47. The largest absolute Gasteiger partial charge is 0.496 e. The maximum Gasteiger partial charge on any atom is 0.121 e. The van der Waals surface area contributed by atoms with Gasteiger partial charge in [-0.05, 0) is 36.0 Å². The van der Waals surface area contributed by atoms with Gasteiger partial charge in [0.15, 0.2) is 0 Å². The van der Waals surface area contributed by atoms with Crippen molar-refractivity contribution in [2.75, 3.05) is 39.9 Å². The number of aryl methyl sites for hydroxylation is 1. The van der Waals surface area contributed by atoms with E-state index in [4.69, 9.17) is 4.74 Å². The third-order valence-electron chi connectivity index (χ3n) is 4.69. The predicted molar refractivity (Wildman–Crippen MR) is 99.5 cm³/mol. The van der Waals surface area contributed by atoms with Crippen molar-refractivity contribution in [3.8, 4) is 5.75 Å². The van der Waals surface area contributed by atoms with Crippen molar-refractivity contribution in [2.24, 2.45) is 5.41 Å². The standard InChI is InChI=1S/C20H34N2O2/c1-16-12-17(6-7-19(16)24-5)13-22-10-9-21(15-20(2,3)4)14-18(22)8-11-23/h6-7,12,18,23H,8-11,13-15H2,1-5H3. The summed E-state index contributed by atoms with van der Waals surface area (Å²) in [6, 6.07) is 6.86. The number of piperazine rings is 1. The van der Waals surface area contributed by atoms with Gasteiger partial charge in [-0.15, -0.1) is 0 Å². The molecule has 0 bridgehead atoms. The summed E-state index contributed by atoms with van der Waals surface area (Å²) in [7, 11) is 1.72. The molecule has 136 valence electrons. The Bertz CT molecular complexity index is 525. The number of aliphatic hydroxyl groups is 1. The Hall–Kier alpha value is -1.10. The van der Waals surface area contributed by atoms with Crippen LogP contribution in [0.4, 0.5) is 0 Å². The predicted octanol–water partition coefficient (Wildman–Crippen LogP) is 2.92. The minimum absolute atomic E-state index is 0.256. The molecule has 1 aromatic carbocycles. The number of rotatable bonds is 6. The first-order valence-electron chi connectivity index (χ1n) is 9.03. The highest BCUT2D eigenvalue weighted by Crippen LogP contribution is 2.23. The first-order chi connectivity index (χ1) is 11.3. The number of hydrogen-bond acceptors (Lipinski definition) is 4. The number of aliphatic hydroxyl groups excluding tert-OH is 1. The van der Waals surface area contributed by atoms with Crippen molar-refractivity contribution in [1.82, 2.24) is 9.80 Å². The van der Waals surface area contributed by atoms with Crippen molar-refractivity contribution in [1.29, 1.82) is 0 Å². The van der Waals surface area contributed by atoms with E-state index in [9.17, 15) is 5.11 Å². The Morgan fingerprint density at radius 3 is 2.58 bits per heavy atom. The first kappa shape index (κ1) is 19.2. The smallest absolute Gasteiger partial charge is 0.121 e. The van der Waals surface area contributed by atoms with E-state index in [1.54, 1.807) is 7.11 Å². The van der Waals surface area contributed by atoms with Crippen molar-refractivity contribution < 1.29 is 9.84 Å². The molecular weight excluding hydrogens is 300 g/mol. The molecule has 0 amide bonds. The second kappa shape index (κ2) is 8.32. The zero-order valence-electron chi connectivity index (χ0n) is 16.0. The molecule has 0 spiro atoms. The van der Waals surface area contributed by atoms with Crippen molar-refractivity contribution in [3.63, 3.8) is 0 Å².